The van der Waals surface area contributed by atoms with Crippen molar-refractivity contribution in [3.63, 3.8) is 0 Å². The van der Waals surface area contributed by atoms with E-state index in [0.29, 0.717) is 12.2 Å². The molecule has 0 amide bonds. The van der Waals surface area contributed by atoms with Gasteiger partial charge in [0.05, 0.1) is 23.3 Å². The van der Waals surface area contributed by atoms with Crippen molar-refractivity contribution in [2.45, 2.75) is 11.3 Å². The number of benzene rings is 1. The molecule has 0 bridgehead atoms. The summed E-state index contributed by atoms with van der Waals surface area (Å²) in [6.45, 7) is 3.98. The molecule has 26 heavy (non-hydrogen) atoms. The SMILES string of the molecule is O=S(=O)(Nc1nc(CCN2CCOCC2)ns1)c1c(Cl)cc(Cl)cc1Cl. The molecule has 0 saturated carbocycles. The molecule has 7 nitrogen and oxygen atoms in total. The number of hydrogen-bond donors (Lipinski definition) is 1. The summed E-state index contributed by atoms with van der Waals surface area (Å²) in [7, 11) is -4.01. The minimum absolute atomic E-state index is 0.0629. The molecule has 1 aliphatic heterocycles. The van der Waals surface area contributed by atoms with Gasteiger partial charge >= 0.3 is 0 Å². The molecule has 0 aliphatic carbocycles. The Labute approximate surface area is 170 Å². The number of nitrogens with zero attached hydrogens (tertiary/aromatic N) is 3. The van der Waals surface area contributed by atoms with Crippen LogP contribution in [0.3, 0.4) is 0 Å². The van der Waals surface area contributed by atoms with Crippen molar-refractivity contribution in [2.75, 3.05) is 37.6 Å². The summed E-state index contributed by atoms with van der Waals surface area (Å²) in [6, 6.07) is 2.63. The van der Waals surface area contributed by atoms with Gasteiger partial charge in [0.25, 0.3) is 10.0 Å². The van der Waals surface area contributed by atoms with Gasteiger partial charge < -0.3 is 4.74 Å². The van der Waals surface area contributed by atoms with Crippen molar-refractivity contribution in [3.05, 3.63) is 33.0 Å². The van der Waals surface area contributed by atoms with Gasteiger partial charge in [0.1, 0.15) is 10.7 Å². The van der Waals surface area contributed by atoms with Crippen LogP contribution in [0.1, 0.15) is 5.82 Å². The molecule has 1 N–H and O–H groups in total. The van der Waals surface area contributed by atoms with E-state index in [2.05, 4.69) is 19.0 Å². The van der Waals surface area contributed by atoms with Crippen molar-refractivity contribution >= 4 is 61.5 Å². The van der Waals surface area contributed by atoms with Crippen LogP contribution in [0.4, 0.5) is 5.13 Å². The van der Waals surface area contributed by atoms with Crippen LogP contribution in [0.2, 0.25) is 15.1 Å². The molecule has 0 atom stereocenters. The quantitative estimate of drug-likeness (QED) is 0.717. The molecule has 3 rings (SSSR count). The topological polar surface area (TPSA) is 84.4 Å². The van der Waals surface area contributed by atoms with Gasteiger partial charge in [-0.15, -0.1) is 0 Å². The van der Waals surface area contributed by atoms with E-state index in [1.807, 2.05) is 0 Å². The van der Waals surface area contributed by atoms with E-state index in [1.54, 1.807) is 0 Å². The molecule has 1 saturated heterocycles. The number of sulfonamides is 1. The van der Waals surface area contributed by atoms with E-state index in [1.165, 1.54) is 12.1 Å². The Balaban J connectivity index is 1.68. The van der Waals surface area contributed by atoms with E-state index >= 15 is 0 Å². The summed E-state index contributed by atoms with van der Waals surface area (Å²) < 4.78 is 37.0. The zero-order valence-electron chi connectivity index (χ0n) is 13.4. The van der Waals surface area contributed by atoms with E-state index in [-0.39, 0.29) is 25.1 Å². The van der Waals surface area contributed by atoms with Gasteiger partial charge in [-0.1, -0.05) is 34.8 Å². The highest BCUT2D eigenvalue weighted by Gasteiger charge is 2.24. The summed E-state index contributed by atoms with van der Waals surface area (Å²) in [5, 5.41) is 0.281. The summed E-state index contributed by atoms with van der Waals surface area (Å²) >= 11 is 18.8. The molecule has 1 aromatic carbocycles. The summed E-state index contributed by atoms with van der Waals surface area (Å²) in [5.74, 6) is 0.576. The van der Waals surface area contributed by atoms with Crippen LogP contribution >= 0.6 is 46.3 Å². The van der Waals surface area contributed by atoms with Crippen molar-refractivity contribution in [2.24, 2.45) is 0 Å². The predicted octanol–water partition coefficient (Wildman–Crippen LogP) is 3.17. The molecular formula is C14H15Cl3N4O3S2. The number of ether oxygens (including phenoxy) is 1. The molecule has 0 radical (unpaired) electrons. The lowest BCUT2D eigenvalue weighted by atomic mass is 10.3. The van der Waals surface area contributed by atoms with Gasteiger partial charge in [-0.2, -0.15) is 4.37 Å². The zero-order chi connectivity index (χ0) is 18.7. The Hall–Kier alpha value is -0.680. The van der Waals surface area contributed by atoms with Gasteiger partial charge in [0.15, 0.2) is 0 Å². The third-order valence-corrected chi connectivity index (χ3v) is 6.95. The molecule has 12 heteroatoms. The highest BCUT2D eigenvalue weighted by Crippen LogP contribution is 2.33. The number of nitrogens with one attached hydrogen (secondary N) is 1. The number of anilines is 1. The lowest BCUT2D eigenvalue weighted by Crippen LogP contribution is -2.37. The van der Waals surface area contributed by atoms with Gasteiger partial charge in [0, 0.05) is 42.6 Å². The fourth-order valence-electron chi connectivity index (χ4n) is 2.43. The smallest absolute Gasteiger partial charge is 0.266 e. The van der Waals surface area contributed by atoms with Gasteiger partial charge in [0.2, 0.25) is 5.13 Å². The normalized spacial score (nSPS) is 16.0. The first-order valence-corrected chi connectivity index (χ1v) is 11.0. The lowest BCUT2D eigenvalue weighted by molar-refractivity contribution is 0.0382. The van der Waals surface area contributed by atoms with E-state index in [9.17, 15) is 8.42 Å². The number of morpholine rings is 1. The first-order valence-electron chi connectivity index (χ1n) is 7.65. The van der Waals surface area contributed by atoms with E-state index in [0.717, 1.165) is 44.4 Å². The number of halogens is 3. The van der Waals surface area contributed by atoms with Crippen molar-refractivity contribution in [3.8, 4) is 0 Å². The molecule has 0 unspecified atom stereocenters. The summed E-state index contributed by atoms with van der Waals surface area (Å²) in [6.07, 6.45) is 0.626. The van der Waals surface area contributed by atoms with Gasteiger partial charge in [-0.25, -0.2) is 13.4 Å². The average molecular weight is 458 g/mol. The Bertz CT molecular complexity index is 862. The molecule has 0 spiro atoms. The second-order valence-electron chi connectivity index (χ2n) is 5.52. The van der Waals surface area contributed by atoms with Crippen LogP contribution in [-0.4, -0.2) is 55.5 Å². The van der Waals surface area contributed by atoms with E-state index < -0.39 is 10.0 Å². The van der Waals surface area contributed by atoms with Crippen LogP contribution in [0.15, 0.2) is 17.0 Å². The fourth-order valence-corrected chi connectivity index (χ4v) is 5.82. The molecule has 2 heterocycles. The number of rotatable bonds is 6. The molecule has 2 aromatic rings. The largest absolute Gasteiger partial charge is 0.379 e. The molecular weight excluding hydrogens is 443 g/mol. The maximum atomic E-state index is 12.6. The summed E-state index contributed by atoms with van der Waals surface area (Å²) in [5.41, 5.74) is 0. The van der Waals surface area contributed by atoms with Crippen LogP contribution in [0.5, 0.6) is 0 Å². The summed E-state index contributed by atoms with van der Waals surface area (Å²) in [4.78, 5) is 6.24. The van der Waals surface area contributed by atoms with Crippen molar-refractivity contribution < 1.29 is 13.2 Å². The Morgan fingerprint density at radius 3 is 2.50 bits per heavy atom. The third-order valence-electron chi connectivity index (χ3n) is 3.68. The molecule has 1 aromatic heterocycles. The maximum Gasteiger partial charge on any atom is 0.266 e. The highest BCUT2D eigenvalue weighted by atomic mass is 35.5. The maximum absolute atomic E-state index is 12.6. The Morgan fingerprint density at radius 1 is 1.19 bits per heavy atom. The van der Waals surface area contributed by atoms with E-state index in [4.69, 9.17) is 39.5 Å². The standard InChI is InChI=1S/C14H15Cl3N4O3S2/c15-9-7-10(16)13(11(17)8-9)26(22,23)20-14-18-12(19-25-14)1-2-21-3-5-24-6-4-21/h7-8H,1-6H2,(H,18,19,20). The zero-order valence-corrected chi connectivity index (χ0v) is 17.3. The fraction of sp³-hybridized carbons (Fsp3) is 0.429. The van der Waals surface area contributed by atoms with Crippen LogP contribution in [0, 0.1) is 0 Å². The first-order chi connectivity index (χ1) is 12.3. The van der Waals surface area contributed by atoms with Gasteiger partial charge in [-0.3, -0.25) is 9.62 Å². The van der Waals surface area contributed by atoms with Crippen LogP contribution < -0.4 is 4.72 Å². The van der Waals surface area contributed by atoms with Crippen LogP contribution in [0.25, 0.3) is 0 Å². The minimum Gasteiger partial charge on any atom is -0.379 e. The predicted molar refractivity (Wildman–Crippen MR) is 103 cm³/mol. The molecule has 142 valence electrons. The number of hydrogen-bond acceptors (Lipinski definition) is 7. The highest BCUT2D eigenvalue weighted by molar-refractivity contribution is 7.93. The monoisotopic (exact) mass is 456 g/mol. The Kier molecular flexibility index (Phi) is 6.60. The lowest BCUT2D eigenvalue weighted by Gasteiger charge is -2.25. The molecule has 1 fully saturated rings. The number of aromatic nitrogens is 2. The first kappa shape index (κ1) is 20.1. The Morgan fingerprint density at radius 2 is 1.85 bits per heavy atom. The van der Waals surface area contributed by atoms with Crippen molar-refractivity contribution in [1.29, 1.82) is 0 Å². The second-order valence-corrected chi connectivity index (χ2v) is 9.15. The minimum atomic E-state index is -4.01. The second kappa shape index (κ2) is 8.55. The van der Waals surface area contributed by atoms with Gasteiger partial charge in [-0.05, 0) is 12.1 Å². The average Bonchev–Trinajstić information content (AvgIpc) is 2.99. The van der Waals surface area contributed by atoms with Crippen molar-refractivity contribution in [1.82, 2.24) is 14.3 Å². The third kappa shape index (κ3) is 4.98. The van der Waals surface area contributed by atoms with Crippen LogP contribution in [-0.2, 0) is 21.2 Å². The molecule has 1 aliphatic rings.